The summed E-state index contributed by atoms with van der Waals surface area (Å²) in [4.78, 5) is 0. The van der Waals surface area contributed by atoms with Crippen LogP contribution in [0.3, 0.4) is 0 Å². The van der Waals surface area contributed by atoms with Crippen LogP contribution in [0, 0.1) is 58.2 Å². The number of alkyl halides is 3. The molecular formula is C29H47F3O2. The first-order valence-corrected chi connectivity index (χ1v) is 14.2. The standard InChI is InChI=1S/C29H47F3O2/c1-6-28(34)14-13-25(3)18(16-28)7-8-19-22(25)10-11-26(4)23(20-15-21(20)24(19)26)17(2)9-12-27(5,33)29(30,31)32/h17-24,33-34H,6-16H2,1-5H3/t17-,18+,19-,20+,21-,22+,23+,24-,25+,26-,27+,28+/m1/s1. The fraction of sp³-hybridized carbons (Fsp3) is 1.00. The Hall–Kier alpha value is -0.290. The van der Waals surface area contributed by atoms with Crippen molar-refractivity contribution in [2.75, 3.05) is 0 Å². The lowest BCUT2D eigenvalue weighted by atomic mass is 9.42. The monoisotopic (exact) mass is 484 g/mol. The van der Waals surface area contributed by atoms with Crippen LogP contribution in [-0.4, -0.2) is 27.6 Å². The third kappa shape index (κ3) is 3.63. The first-order valence-electron chi connectivity index (χ1n) is 14.2. The molecule has 0 aromatic carbocycles. The number of aliphatic hydroxyl groups is 2. The second-order valence-electron chi connectivity index (χ2n) is 14.3. The highest BCUT2D eigenvalue weighted by atomic mass is 19.4. The zero-order valence-electron chi connectivity index (χ0n) is 21.9. The molecule has 5 heteroatoms. The third-order valence-electron chi connectivity index (χ3n) is 12.7. The molecule has 2 nitrogen and oxygen atoms in total. The Morgan fingerprint density at radius 3 is 2.32 bits per heavy atom. The van der Waals surface area contributed by atoms with Gasteiger partial charge in [-0.25, -0.2) is 0 Å². The number of halogens is 3. The van der Waals surface area contributed by atoms with Gasteiger partial charge in [-0.1, -0.05) is 27.7 Å². The van der Waals surface area contributed by atoms with E-state index in [-0.39, 0.29) is 17.8 Å². The van der Waals surface area contributed by atoms with E-state index in [0.29, 0.717) is 29.6 Å². The molecule has 0 unspecified atom stereocenters. The molecule has 0 saturated heterocycles. The summed E-state index contributed by atoms with van der Waals surface area (Å²) in [6, 6.07) is 0. The van der Waals surface area contributed by atoms with E-state index >= 15 is 0 Å². The van der Waals surface area contributed by atoms with Gasteiger partial charge in [0.15, 0.2) is 5.60 Å². The Balaban J connectivity index is 1.33. The van der Waals surface area contributed by atoms with Gasteiger partial charge in [-0.15, -0.1) is 0 Å². The van der Waals surface area contributed by atoms with Crippen LogP contribution in [0.15, 0.2) is 0 Å². The molecule has 0 aromatic rings. The predicted molar refractivity (Wildman–Crippen MR) is 128 cm³/mol. The van der Waals surface area contributed by atoms with Crippen molar-refractivity contribution in [3.05, 3.63) is 0 Å². The summed E-state index contributed by atoms with van der Waals surface area (Å²) in [6.45, 7) is 10.2. The van der Waals surface area contributed by atoms with Crippen LogP contribution in [0.5, 0.6) is 0 Å². The molecule has 5 fully saturated rings. The molecule has 0 aromatic heterocycles. The highest BCUT2D eigenvalue weighted by molar-refractivity contribution is 5.19. The van der Waals surface area contributed by atoms with Crippen molar-refractivity contribution in [3.8, 4) is 0 Å². The molecule has 0 spiro atoms. The van der Waals surface area contributed by atoms with Crippen molar-refractivity contribution < 1.29 is 23.4 Å². The van der Waals surface area contributed by atoms with Crippen molar-refractivity contribution in [1.82, 2.24) is 0 Å². The summed E-state index contributed by atoms with van der Waals surface area (Å²) < 4.78 is 39.8. The zero-order valence-corrected chi connectivity index (χ0v) is 21.9. The molecule has 5 aliphatic carbocycles. The second-order valence-corrected chi connectivity index (χ2v) is 14.3. The molecule has 5 rings (SSSR count). The first kappa shape index (κ1) is 25.4. The Labute approximate surface area is 204 Å². The van der Waals surface area contributed by atoms with E-state index in [1.807, 2.05) is 0 Å². The quantitative estimate of drug-likeness (QED) is 0.428. The van der Waals surface area contributed by atoms with E-state index in [1.165, 1.54) is 32.1 Å². The Bertz CT molecular complexity index is 795. The average Bonchev–Trinajstić information content (AvgIpc) is 3.46. The Kier molecular flexibility index (Phi) is 5.86. The van der Waals surface area contributed by atoms with Crippen LogP contribution in [0.2, 0.25) is 0 Å². The predicted octanol–water partition coefficient (Wildman–Crippen LogP) is 7.37. The fourth-order valence-corrected chi connectivity index (χ4v) is 10.6. The van der Waals surface area contributed by atoms with Gasteiger partial charge >= 0.3 is 6.18 Å². The SMILES string of the molecule is CC[C@]1(O)CC[C@@]2(C)[C@@H](CC[C@H]3[C@@H]4[C@@H]5C[C@@H]5[C@H]([C@H](C)CC[C@](C)(O)C(F)(F)F)[C@@]4(C)CC[C@@H]32)C1. The minimum absolute atomic E-state index is 0.196. The summed E-state index contributed by atoms with van der Waals surface area (Å²) in [5, 5.41) is 21.1. The summed E-state index contributed by atoms with van der Waals surface area (Å²) in [5.74, 6) is 5.01. The summed E-state index contributed by atoms with van der Waals surface area (Å²) in [7, 11) is 0. The van der Waals surface area contributed by atoms with Gasteiger partial charge < -0.3 is 10.2 Å². The zero-order chi connectivity index (χ0) is 24.9. The molecule has 2 N–H and O–H groups in total. The Morgan fingerprint density at radius 1 is 0.971 bits per heavy atom. The van der Waals surface area contributed by atoms with Gasteiger partial charge in [-0.3, -0.25) is 0 Å². The van der Waals surface area contributed by atoms with Crippen LogP contribution >= 0.6 is 0 Å². The van der Waals surface area contributed by atoms with E-state index in [9.17, 15) is 23.4 Å². The maximum Gasteiger partial charge on any atom is 0.416 e. The first-order chi connectivity index (χ1) is 15.7. The lowest BCUT2D eigenvalue weighted by Gasteiger charge is -2.63. The minimum atomic E-state index is -4.56. The lowest BCUT2D eigenvalue weighted by molar-refractivity contribution is -0.256. The van der Waals surface area contributed by atoms with Crippen molar-refractivity contribution in [2.45, 2.75) is 123 Å². The number of hydrogen-bond acceptors (Lipinski definition) is 2. The van der Waals surface area contributed by atoms with E-state index in [1.54, 1.807) is 0 Å². The number of rotatable bonds is 5. The molecule has 12 atom stereocenters. The Morgan fingerprint density at radius 2 is 1.68 bits per heavy atom. The van der Waals surface area contributed by atoms with Crippen molar-refractivity contribution in [2.24, 2.45) is 58.2 Å². The lowest BCUT2D eigenvalue weighted by Crippen LogP contribution is -2.56. The third-order valence-corrected chi connectivity index (χ3v) is 12.7. The fourth-order valence-electron chi connectivity index (χ4n) is 10.6. The molecule has 0 radical (unpaired) electrons. The second kappa shape index (κ2) is 7.85. The molecular weight excluding hydrogens is 437 g/mol. The average molecular weight is 485 g/mol. The van der Waals surface area contributed by atoms with Gasteiger partial charge in [0.25, 0.3) is 0 Å². The van der Waals surface area contributed by atoms with Gasteiger partial charge in [0.05, 0.1) is 5.60 Å². The molecule has 196 valence electrons. The summed E-state index contributed by atoms with van der Waals surface area (Å²) in [6.07, 6.45) is 5.84. The number of fused-ring (bicyclic) bond motifs is 7. The maximum atomic E-state index is 13.3. The van der Waals surface area contributed by atoms with E-state index in [4.69, 9.17) is 0 Å². The van der Waals surface area contributed by atoms with Crippen LogP contribution < -0.4 is 0 Å². The molecule has 5 saturated carbocycles. The van der Waals surface area contributed by atoms with Crippen molar-refractivity contribution >= 4 is 0 Å². The highest BCUT2D eigenvalue weighted by Crippen LogP contribution is 2.77. The number of hydrogen-bond donors (Lipinski definition) is 2. The van der Waals surface area contributed by atoms with Gasteiger partial charge in [-0.2, -0.15) is 13.2 Å². The normalized spacial score (nSPS) is 52.6. The topological polar surface area (TPSA) is 40.5 Å². The minimum Gasteiger partial charge on any atom is -0.390 e. The summed E-state index contributed by atoms with van der Waals surface area (Å²) in [5.41, 5.74) is -2.48. The van der Waals surface area contributed by atoms with Gasteiger partial charge in [0.2, 0.25) is 0 Å². The largest absolute Gasteiger partial charge is 0.416 e. The van der Waals surface area contributed by atoms with Crippen LogP contribution in [0.1, 0.15) is 105 Å². The van der Waals surface area contributed by atoms with Gasteiger partial charge in [0, 0.05) is 0 Å². The van der Waals surface area contributed by atoms with Crippen molar-refractivity contribution in [3.63, 3.8) is 0 Å². The molecule has 34 heavy (non-hydrogen) atoms. The van der Waals surface area contributed by atoms with E-state index in [0.717, 1.165) is 56.3 Å². The molecule has 0 aliphatic heterocycles. The molecule has 0 bridgehead atoms. The highest BCUT2D eigenvalue weighted by Gasteiger charge is 2.71. The smallest absolute Gasteiger partial charge is 0.390 e. The molecule has 0 heterocycles. The molecule has 5 aliphatic rings. The van der Waals surface area contributed by atoms with E-state index in [2.05, 4.69) is 27.7 Å². The summed E-state index contributed by atoms with van der Waals surface area (Å²) >= 11 is 0. The maximum absolute atomic E-state index is 13.3. The van der Waals surface area contributed by atoms with Crippen molar-refractivity contribution in [1.29, 1.82) is 0 Å². The van der Waals surface area contributed by atoms with E-state index < -0.39 is 17.4 Å². The van der Waals surface area contributed by atoms with Gasteiger partial charge in [-0.05, 0) is 136 Å². The molecule has 0 amide bonds. The van der Waals surface area contributed by atoms with Gasteiger partial charge in [0.1, 0.15) is 0 Å². The van der Waals surface area contributed by atoms with Crippen LogP contribution in [0.25, 0.3) is 0 Å². The van der Waals surface area contributed by atoms with Crippen LogP contribution in [-0.2, 0) is 0 Å². The van der Waals surface area contributed by atoms with Crippen LogP contribution in [0.4, 0.5) is 13.2 Å².